The minimum absolute atomic E-state index is 0.0882. The lowest BCUT2D eigenvalue weighted by Crippen LogP contribution is -2.30. The predicted octanol–water partition coefficient (Wildman–Crippen LogP) is 2.83. The predicted molar refractivity (Wildman–Crippen MR) is 105 cm³/mol. The van der Waals surface area contributed by atoms with E-state index < -0.39 is 9.84 Å². The van der Waals surface area contributed by atoms with E-state index in [2.05, 4.69) is 21.2 Å². The van der Waals surface area contributed by atoms with Crippen LogP contribution in [0.4, 0.5) is 5.69 Å². The Kier molecular flexibility index (Phi) is 7.23. The van der Waals surface area contributed by atoms with E-state index in [-0.39, 0.29) is 28.9 Å². The maximum absolute atomic E-state index is 12.9. The number of carbonyl (C=O) groups excluding carboxylic acids is 2. The van der Waals surface area contributed by atoms with Crippen LogP contribution in [0.25, 0.3) is 0 Å². The second-order valence-corrected chi connectivity index (χ2v) is 9.33. The van der Waals surface area contributed by atoms with Crippen LogP contribution in [0.15, 0.2) is 21.5 Å². The molecule has 144 valence electrons. The summed E-state index contributed by atoms with van der Waals surface area (Å²) in [6.45, 7) is 4.82. The van der Waals surface area contributed by atoms with Crippen LogP contribution in [-0.2, 0) is 25.8 Å². The number of unbranched alkanes of at least 4 members (excludes halogenated alkanes) is 1. The first kappa shape index (κ1) is 20.9. The number of rotatable bonds is 8. The second kappa shape index (κ2) is 8.99. The van der Waals surface area contributed by atoms with Gasteiger partial charge in [-0.25, -0.2) is 8.42 Å². The summed E-state index contributed by atoms with van der Waals surface area (Å²) in [5.41, 5.74) is 1.32. The van der Waals surface area contributed by atoms with E-state index in [0.717, 1.165) is 18.4 Å². The highest BCUT2D eigenvalue weighted by molar-refractivity contribution is 9.10. The van der Waals surface area contributed by atoms with Gasteiger partial charge in [0.05, 0.1) is 16.3 Å². The zero-order chi connectivity index (χ0) is 19.3. The van der Waals surface area contributed by atoms with Crippen LogP contribution in [0, 0.1) is 0 Å². The van der Waals surface area contributed by atoms with Gasteiger partial charge < -0.3 is 10.2 Å². The number of nitrogens with one attached hydrogen (secondary N) is 1. The monoisotopic (exact) mass is 444 g/mol. The van der Waals surface area contributed by atoms with Gasteiger partial charge in [-0.1, -0.05) is 36.2 Å². The quantitative estimate of drug-likeness (QED) is 0.624. The smallest absolute Gasteiger partial charge is 0.226 e. The molecule has 1 aromatic rings. The Morgan fingerprint density at radius 3 is 2.65 bits per heavy atom. The molecule has 0 radical (unpaired) electrons. The normalized spacial score (nSPS) is 13.6. The van der Waals surface area contributed by atoms with Gasteiger partial charge in [0.25, 0.3) is 0 Å². The number of carbonyl (C=O) groups is 2. The Balaban J connectivity index is 2.24. The molecule has 6 nitrogen and oxygen atoms in total. The standard InChI is InChI=1S/C18H25BrN2O4S/c1-3-5-8-20-16(22)7-10-26(24,25)15-12-14(19)11-13-6-9-21(18(13)15)17(23)4-2/h11-12H,3-10H2,1-2H3,(H,20,22). The third-order valence-corrected chi connectivity index (χ3v) is 6.56. The molecule has 8 heteroatoms. The first-order valence-electron chi connectivity index (χ1n) is 8.92. The number of hydrogen-bond acceptors (Lipinski definition) is 4. The van der Waals surface area contributed by atoms with Crippen molar-refractivity contribution in [2.75, 3.05) is 23.7 Å². The van der Waals surface area contributed by atoms with E-state index in [1.807, 2.05) is 13.0 Å². The SMILES string of the molecule is CCCCNC(=O)CCS(=O)(=O)c1cc(Br)cc2c1N(C(=O)CC)CC2. The van der Waals surface area contributed by atoms with E-state index >= 15 is 0 Å². The average molecular weight is 445 g/mol. The number of fused-ring (bicyclic) bond motifs is 1. The van der Waals surface area contributed by atoms with Crippen molar-refractivity contribution >= 4 is 43.3 Å². The molecule has 1 aliphatic rings. The van der Waals surface area contributed by atoms with Gasteiger partial charge in [0.15, 0.2) is 9.84 Å². The van der Waals surface area contributed by atoms with Crippen molar-refractivity contribution in [2.24, 2.45) is 0 Å². The fourth-order valence-corrected chi connectivity index (χ4v) is 5.15. The van der Waals surface area contributed by atoms with Crippen LogP contribution in [0.1, 0.15) is 45.1 Å². The summed E-state index contributed by atoms with van der Waals surface area (Å²) >= 11 is 3.36. The third-order valence-electron chi connectivity index (χ3n) is 4.38. The molecule has 0 spiro atoms. The van der Waals surface area contributed by atoms with E-state index in [4.69, 9.17) is 0 Å². The number of halogens is 1. The lowest BCUT2D eigenvalue weighted by Gasteiger charge is -2.20. The number of anilines is 1. The van der Waals surface area contributed by atoms with Gasteiger partial charge in [-0.2, -0.15) is 0 Å². The summed E-state index contributed by atoms with van der Waals surface area (Å²) in [6, 6.07) is 3.39. The number of sulfone groups is 1. The summed E-state index contributed by atoms with van der Waals surface area (Å²) in [5, 5.41) is 2.73. The molecule has 2 rings (SSSR count). The second-order valence-electron chi connectivity index (χ2n) is 6.33. The molecule has 0 atom stereocenters. The fraction of sp³-hybridized carbons (Fsp3) is 0.556. The van der Waals surface area contributed by atoms with Gasteiger partial charge in [-0.05, 0) is 30.5 Å². The maximum Gasteiger partial charge on any atom is 0.226 e. The van der Waals surface area contributed by atoms with Gasteiger partial charge in [0.1, 0.15) is 0 Å². The third kappa shape index (κ3) is 4.85. The summed E-state index contributed by atoms with van der Waals surface area (Å²) in [7, 11) is -3.69. The fourth-order valence-electron chi connectivity index (χ4n) is 2.98. The molecule has 1 aromatic carbocycles. The summed E-state index contributed by atoms with van der Waals surface area (Å²) in [4.78, 5) is 25.8. The molecule has 0 saturated heterocycles. The molecule has 2 amide bonds. The molecule has 1 heterocycles. The molecule has 0 aliphatic carbocycles. The molecule has 0 aromatic heterocycles. The zero-order valence-corrected chi connectivity index (χ0v) is 17.6. The van der Waals surface area contributed by atoms with Crippen molar-refractivity contribution in [3.05, 3.63) is 22.2 Å². The van der Waals surface area contributed by atoms with Gasteiger partial charge in [0.2, 0.25) is 11.8 Å². The zero-order valence-electron chi connectivity index (χ0n) is 15.2. The van der Waals surface area contributed by atoms with Crippen molar-refractivity contribution in [3.63, 3.8) is 0 Å². The minimum atomic E-state index is -3.69. The molecular formula is C18H25BrN2O4S. The van der Waals surface area contributed by atoms with E-state index in [0.29, 0.717) is 36.1 Å². The lowest BCUT2D eigenvalue weighted by atomic mass is 10.2. The molecular weight excluding hydrogens is 420 g/mol. The molecule has 0 fully saturated rings. The van der Waals surface area contributed by atoms with E-state index in [1.54, 1.807) is 11.8 Å². The Labute approximate surface area is 163 Å². The van der Waals surface area contributed by atoms with Crippen LogP contribution in [-0.4, -0.2) is 39.1 Å². The summed E-state index contributed by atoms with van der Waals surface area (Å²) in [5.74, 6) is -0.642. The molecule has 1 N–H and O–H groups in total. The molecule has 26 heavy (non-hydrogen) atoms. The average Bonchev–Trinajstić information content (AvgIpc) is 3.02. The molecule has 0 saturated carbocycles. The van der Waals surface area contributed by atoms with Crippen molar-refractivity contribution in [1.29, 1.82) is 0 Å². The van der Waals surface area contributed by atoms with Crippen LogP contribution >= 0.6 is 15.9 Å². The first-order valence-corrected chi connectivity index (χ1v) is 11.4. The lowest BCUT2D eigenvalue weighted by molar-refractivity contribution is -0.120. The number of hydrogen-bond donors (Lipinski definition) is 1. The van der Waals surface area contributed by atoms with Crippen molar-refractivity contribution < 1.29 is 18.0 Å². The molecule has 0 bridgehead atoms. The number of nitrogens with zero attached hydrogens (tertiary/aromatic N) is 1. The van der Waals surface area contributed by atoms with Gasteiger partial charge in [-0.3, -0.25) is 9.59 Å². The highest BCUT2D eigenvalue weighted by Gasteiger charge is 2.32. The first-order chi connectivity index (χ1) is 12.3. The summed E-state index contributed by atoms with van der Waals surface area (Å²) in [6.07, 6.45) is 2.68. The largest absolute Gasteiger partial charge is 0.356 e. The minimum Gasteiger partial charge on any atom is -0.356 e. The molecule has 0 unspecified atom stereocenters. The van der Waals surface area contributed by atoms with E-state index in [1.165, 1.54) is 6.07 Å². The number of amides is 2. The van der Waals surface area contributed by atoms with E-state index in [9.17, 15) is 18.0 Å². The van der Waals surface area contributed by atoms with Gasteiger partial charge in [0, 0.05) is 30.4 Å². The van der Waals surface area contributed by atoms with Crippen molar-refractivity contribution in [2.45, 2.75) is 50.8 Å². The Morgan fingerprint density at radius 1 is 1.27 bits per heavy atom. The molecule has 1 aliphatic heterocycles. The highest BCUT2D eigenvalue weighted by Crippen LogP contribution is 2.38. The van der Waals surface area contributed by atoms with Gasteiger partial charge in [-0.15, -0.1) is 0 Å². The van der Waals surface area contributed by atoms with Crippen molar-refractivity contribution in [3.8, 4) is 0 Å². The Hall–Kier alpha value is -1.41. The van der Waals surface area contributed by atoms with Crippen LogP contribution in [0.2, 0.25) is 0 Å². The Bertz CT molecular complexity index is 793. The highest BCUT2D eigenvalue weighted by atomic mass is 79.9. The summed E-state index contributed by atoms with van der Waals surface area (Å²) < 4.78 is 26.5. The van der Waals surface area contributed by atoms with Crippen molar-refractivity contribution in [1.82, 2.24) is 5.32 Å². The van der Waals surface area contributed by atoms with Gasteiger partial charge >= 0.3 is 0 Å². The van der Waals surface area contributed by atoms with Crippen LogP contribution < -0.4 is 10.2 Å². The Morgan fingerprint density at radius 2 is 2.00 bits per heavy atom. The number of benzene rings is 1. The topological polar surface area (TPSA) is 83.6 Å². The maximum atomic E-state index is 12.9. The van der Waals surface area contributed by atoms with Crippen LogP contribution in [0.5, 0.6) is 0 Å². The van der Waals surface area contributed by atoms with Crippen LogP contribution in [0.3, 0.4) is 0 Å².